The first kappa shape index (κ1) is 50.8. The Morgan fingerprint density at radius 1 is 0.458 bits per heavy atom. The number of guanidine groups is 2. The van der Waals surface area contributed by atoms with Gasteiger partial charge in [-0.25, -0.2) is 20.4 Å². The van der Waals surface area contributed by atoms with E-state index < -0.39 is 56.1 Å². The number of rotatable bonds is 13. The van der Waals surface area contributed by atoms with Crippen LogP contribution in [0, 0.1) is 66.2 Å². The molecular formula is C58H62N6O8+2. The summed E-state index contributed by atoms with van der Waals surface area (Å²) in [6.07, 6.45) is 0. The normalized spacial score (nSPS) is 21.5. The van der Waals surface area contributed by atoms with Gasteiger partial charge in [0.1, 0.15) is 0 Å². The quantitative estimate of drug-likeness (QED) is 0.0495. The van der Waals surface area contributed by atoms with Crippen LogP contribution in [-0.4, -0.2) is 82.0 Å². The number of aliphatic hydroxyl groups is 2. The third-order valence-electron chi connectivity index (χ3n) is 14.3. The number of nitrogens with zero attached hydrogens (tertiary/aromatic N) is 4. The minimum absolute atomic E-state index is 0.148. The molecule has 0 spiro atoms. The zero-order valence-corrected chi connectivity index (χ0v) is 42.4. The summed E-state index contributed by atoms with van der Waals surface area (Å²) >= 11 is 0. The number of para-hydroxylation sites is 4. The van der Waals surface area contributed by atoms with Gasteiger partial charge in [0.2, 0.25) is 11.6 Å². The molecule has 14 nitrogen and oxygen atoms in total. The Morgan fingerprint density at radius 3 is 1.00 bits per heavy atom. The van der Waals surface area contributed by atoms with Gasteiger partial charge in [-0.2, -0.15) is 0 Å². The van der Waals surface area contributed by atoms with Crippen LogP contribution in [0.2, 0.25) is 0 Å². The van der Waals surface area contributed by atoms with Crippen LogP contribution in [0.4, 0.5) is 22.7 Å². The van der Waals surface area contributed by atoms with Gasteiger partial charge in [0.05, 0.1) is 23.5 Å². The number of hydrogen-bond donors (Lipinski definition) is 4. The molecule has 0 aliphatic carbocycles. The first-order valence-electron chi connectivity index (χ1n) is 24.0. The van der Waals surface area contributed by atoms with Crippen LogP contribution < -0.4 is 19.1 Å². The van der Waals surface area contributed by atoms with Crippen molar-refractivity contribution in [2.24, 2.45) is 0 Å². The van der Waals surface area contributed by atoms with E-state index in [9.17, 15) is 21.0 Å². The number of carbonyl (C=O) groups is 4. The molecule has 8 rings (SSSR count). The predicted molar refractivity (Wildman–Crippen MR) is 280 cm³/mol. The van der Waals surface area contributed by atoms with Gasteiger partial charge in [-0.1, -0.05) is 133 Å². The molecule has 6 atom stereocenters. The number of carbonyl (C=O) groups excluding carboxylic acids is 4. The molecule has 370 valence electrons. The van der Waals surface area contributed by atoms with Crippen molar-refractivity contribution < 1.29 is 39.1 Å². The molecule has 2 aliphatic heterocycles. The second-order valence-electron chi connectivity index (χ2n) is 19.5. The number of nitrogens with one attached hydrogen (secondary N) is 2. The summed E-state index contributed by atoms with van der Waals surface area (Å²) in [5.41, 5.74) is -1.49. The monoisotopic (exact) mass is 970 g/mol. The first-order chi connectivity index (χ1) is 34.1. The standard InChI is InChI=1S/C58H62N6O8/c1-35-21-17-22-36(2)47(35)61-43(9)33-63(55(61)59,49-39(5)25-19-26-40(49)6)71-53(67)57(69,51(65)45-29-13-11-14-30-45)58(70,52(66)46-31-15-12-16-32-46)54(68)72-64(50-41(7)27-20-28-42(50)8)34-44(10)62(56(64)60)48-37(3)23-18-24-38(48)4/h11-32,43-44,59-60,69-70H,33-34H2,1-10H3/q+2. The van der Waals surface area contributed by atoms with Crippen LogP contribution in [0.5, 0.6) is 0 Å². The largest absolute Gasteiger partial charge is 0.411 e. The highest BCUT2D eigenvalue weighted by Crippen LogP contribution is 2.46. The maximum Gasteiger partial charge on any atom is 0.411 e. The number of anilines is 2. The lowest BCUT2D eigenvalue weighted by molar-refractivity contribution is -0.219. The summed E-state index contributed by atoms with van der Waals surface area (Å²) in [5.74, 6) is -7.53. The smallest absolute Gasteiger partial charge is 0.368 e. The Kier molecular flexibility index (Phi) is 13.3. The maximum atomic E-state index is 16.1. The Labute approximate surface area is 420 Å². The number of hydroxylamine groups is 4. The summed E-state index contributed by atoms with van der Waals surface area (Å²) in [6, 6.07) is 35.0. The number of Topliss-reactive ketones (excluding diaryl/α,β-unsaturated/α-hetero) is 2. The van der Waals surface area contributed by atoms with Gasteiger partial charge >= 0.3 is 23.9 Å². The van der Waals surface area contributed by atoms with E-state index in [0.29, 0.717) is 45.0 Å². The van der Waals surface area contributed by atoms with E-state index in [2.05, 4.69) is 0 Å². The molecule has 2 aliphatic rings. The lowest BCUT2D eigenvalue weighted by Crippen LogP contribution is -2.75. The van der Waals surface area contributed by atoms with Gasteiger partial charge < -0.3 is 10.2 Å². The Hall–Kier alpha value is -7.62. The van der Waals surface area contributed by atoms with Gasteiger partial charge in [-0.3, -0.25) is 29.1 Å². The van der Waals surface area contributed by atoms with E-state index in [1.54, 1.807) is 86.0 Å². The van der Waals surface area contributed by atoms with Gasteiger partial charge in [-0.05, 0) is 101 Å². The average Bonchev–Trinajstić information content (AvgIpc) is 3.73. The molecule has 2 saturated heterocycles. The van der Waals surface area contributed by atoms with Crippen molar-refractivity contribution in [1.29, 1.82) is 10.8 Å². The molecule has 2 fully saturated rings. The number of ketones is 2. The number of benzene rings is 6. The van der Waals surface area contributed by atoms with Crippen molar-refractivity contribution in [3.63, 3.8) is 0 Å². The number of hydrogen-bond acceptors (Lipinski definition) is 10. The zero-order valence-electron chi connectivity index (χ0n) is 42.4. The molecule has 0 bridgehead atoms. The second-order valence-corrected chi connectivity index (χ2v) is 19.5. The fourth-order valence-corrected chi connectivity index (χ4v) is 11.1. The van der Waals surface area contributed by atoms with Crippen molar-refractivity contribution in [3.8, 4) is 0 Å². The second kappa shape index (κ2) is 18.9. The van der Waals surface area contributed by atoms with Crippen molar-refractivity contribution >= 4 is 58.2 Å². The van der Waals surface area contributed by atoms with Crippen molar-refractivity contribution in [3.05, 3.63) is 189 Å². The van der Waals surface area contributed by atoms with Crippen LogP contribution in [0.3, 0.4) is 0 Å². The Balaban J connectivity index is 1.39. The highest BCUT2D eigenvalue weighted by molar-refractivity contribution is 6.29. The zero-order chi connectivity index (χ0) is 52.2. The molecule has 6 unspecified atom stereocenters. The summed E-state index contributed by atoms with van der Waals surface area (Å²) in [6.45, 7) is 18.1. The molecule has 2 heterocycles. The minimum atomic E-state index is -4.15. The molecule has 0 aromatic heterocycles. The van der Waals surface area contributed by atoms with Crippen LogP contribution in [0.25, 0.3) is 0 Å². The lowest BCUT2D eigenvalue weighted by atomic mass is 9.73. The van der Waals surface area contributed by atoms with Gasteiger partial charge in [0.25, 0.3) is 11.2 Å². The van der Waals surface area contributed by atoms with E-state index >= 15 is 19.2 Å². The van der Waals surface area contributed by atoms with E-state index in [-0.39, 0.29) is 36.1 Å². The van der Waals surface area contributed by atoms with Crippen LogP contribution in [0.1, 0.15) is 79.1 Å². The fraction of sp³-hybridized carbons (Fsp3) is 0.276. The van der Waals surface area contributed by atoms with E-state index in [4.69, 9.17) is 9.68 Å². The molecule has 0 amide bonds. The van der Waals surface area contributed by atoms with E-state index in [1.165, 1.54) is 48.5 Å². The summed E-state index contributed by atoms with van der Waals surface area (Å²) in [5, 5.41) is 47.6. The molecule has 0 saturated carbocycles. The third kappa shape index (κ3) is 7.82. The highest BCUT2D eigenvalue weighted by Gasteiger charge is 2.75. The number of aryl methyl sites for hydroxylation is 8. The fourth-order valence-electron chi connectivity index (χ4n) is 11.1. The van der Waals surface area contributed by atoms with E-state index in [0.717, 1.165) is 22.3 Å². The maximum absolute atomic E-state index is 16.1. The minimum Gasteiger partial charge on any atom is -0.368 e. The van der Waals surface area contributed by atoms with Crippen LogP contribution in [0.15, 0.2) is 133 Å². The predicted octanol–water partition coefficient (Wildman–Crippen LogP) is 9.30. The van der Waals surface area contributed by atoms with Crippen LogP contribution in [-0.2, 0) is 19.3 Å². The van der Waals surface area contributed by atoms with E-state index in [1.807, 2.05) is 77.9 Å². The molecular weight excluding hydrogens is 909 g/mol. The van der Waals surface area contributed by atoms with Gasteiger partial charge in [0, 0.05) is 33.4 Å². The topological polar surface area (TPSA) is 181 Å². The molecule has 6 aromatic carbocycles. The third-order valence-corrected chi connectivity index (χ3v) is 14.3. The van der Waals surface area contributed by atoms with Crippen LogP contribution >= 0.6 is 0 Å². The van der Waals surface area contributed by atoms with Crippen molar-refractivity contribution in [2.45, 2.75) is 92.5 Å². The molecule has 4 N–H and O–H groups in total. The van der Waals surface area contributed by atoms with Crippen molar-refractivity contribution in [2.75, 3.05) is 22.9 Å². The summed E-state index contributed by atoms with van der Waals surface area (Å²) in [7, 11) is 0. The van der Waals surface area contributed by atoms with Gasteiger partial charge in [-0.15, -0.1) is 0 Å². The van der Waals surface area contributed by atoms with Gasteiger partial charge in [0.15, 0.2) is 24.5 Å². The SMILES string of the molecule is Cc1cccc(C)c1N1C(=N)[N+](OC(=O)C(O)(C(=O)c2ccccc2)C(O)(C(=O)O[N+]2(c3c(C)cccc3C)CC(C)N(c3c(C)cccc3C)C2=N)C(=O)c2ccccc2)(c2c(C)cccc2C)CC1C. The first-order valence-corrected chi connectivity index (χ1v) is 24.0. The Morgan fingerprint density at radius 2 is 0.722 bits per heavy atom. The summed E-state index contributed by atoms with van der Waals surface area (Å²) in [4.78, 5) is 80.0. The summed E-state index contributed by atoms with van der Waals surface area (Å²) < 4.78 is -2.12. The highest BCUT2D eigenvalue weighted by atomic mass is 16.8. The lowest BCUT2D eigenvalue weighted by Gasteiger charge is -2.40. The number of quaternary nitrogens is 2. The average molecular weight is 971 g/mol. The molecule has 6 aromatic rings. The van der Waals surface area contributed by atoms with Crippen molar-refractivity contribution in [1.82, 2.24) is 9.29 Å². The Bertz CT molecular complexity index is 2900. The molecule has 14 heteroatoms. The molecule has 72 heavy (non-hydrogen) atoms. The molecule has 0 radical (unpaired) electrons.